The van der Waals surface area contributed by atoms with Crippen molar-refractivity contribution in [3.8, 4) is 6.07 Å². The molecule has 0 spiro atoms. The van der Waals surface area contributed by atoms with E-state index in [1.165, 1.54) is 4.68 Å². The highest BCUT2D eigenvalue weighted by atomic mass is 79.9. The van der Waals surface area contributed by atoms with Gasteiger partial charge >= 0.3 is 0 Å². The van der Waals surface area contributed by atoms with E-state index < -0.39 is 0 Å². The Morgan fingerprint density at radius 2 is 2.17 bits per heavy atom. The van der Waals surface area contributed by atoms with Crippen LogP contribution in [0.15, 0.2) is 44.2 Å². The molecule has 2 aromatic rings. The molecule has 2 rings (SSSR count). The van der Waals surface area contributed by atoms with Crippen LogP contribution in [0, 0.1) is 11.3 Å². The second-order valence-electron chi connectivity index (χ2n) is 3.58. The quantitative estimate of drug-likeness (QED) is 0.818. The molecule has 0 radical (unpaired) electrons. The zero-order valence-electron chi connectivity index (χ0n) is 9.10. The number of nitriles is 1. The molecule has 0 amide bonds. The Hall–Kier alpha value is -1.45. The summed E-state index contributed by atoms with van der Waals surface area (Å²) in [7, 11) is 0. The summed E-state index contributed by atoms with van der Waals surface area (Å²) in [5.41, 5.74) is 1.21. The van der Waals surface area contributed by atoms with Crippen LogP contribution in [0.4, 0.5) is 0 Å². The van der Waals surface area contributed by atoms with Gasteiger partial charge in [-0.25, -0.2) is 4.68 Å². The van der Waals surface area contributed by atoms with Gasteiger partial charge in [-0.15, -0.1) is 0 Å². The van der Waals surface area contributed by atoms with E-state index >= 15 is 0 Å². The van der Waals surface area contributed by atoms with Gasteiger partial charge in [-0.2, -0.15) is 10.4 Å². The maximum Gasteiger partial charge on any atom is 0.282 e. The van der Waals surface area contributed by atoms with Crippen molar-refractivity contribution in [3.63, 3.8) is 0 Å². The van der Waals surface area contributed by atoms with Gasteiger partial charge in [0.05, 0.1) is 28.8 Å². The summed E-state index contributed by atoms with van der Waals surface area (Å²) in [5, 5.41) is 12.8. The normalized spacial score (nSPS) is 10.1. The van der Waals surface area contributed by atoms with Gasteiger partial charge in [-0.3, -0.25) is 4.79 Å². The molecule has 6 heteroatoms. The average Bonchev–Trinajstić information content (AvgIpc) is 2.40. The summed E-state index contributed by atoms with van der Waals surface area (Å²) in [4.78, 5) is 11.9. The van der Waals surface area contributed by atoms with Gasteiger partial charge in [0.1, 0.15) is 4.47 Å². The van der Waals surface area contributed by atoms with Crippen LogP contribution >= 0.6 is 31.9 Å². The summed E-state index contributed by atoms with van der Waals surface area (Å²) in [6, 6.07) is 9.16. The van der Waals surface area contributed by atoms with E-state index in [-0.39, 0.29) is 5.56 Å². The van der Waals surface area contributed by atoms with Crippen LogP contribution in [0.3, 0.4) is 0 Å². The van der Waals surface area contributed by atoms with Gasteiger partial charge in [0, 0.05) is 0 Å². The number of benzene rings is 1. The maximum absolute atomic E-state index is 11.9. The van der Waals surface area contributed by atoms with Gasteiger partial charge < -0.3 is 0 Å². The van der Waals surface area contributed by atoms with Crippen LogP contribution in [0.5, 0.6) is 0 Å². The predicted molar refractivity (Wildman–Crippen MR) is 74.2 cm³/mol. The number of hydrogen-bond acceptors (Lipinski definition) is 3. The fourth-order valence-electron chi connectivity index (χ4n) is 1.47. The van der Waals surface area contributed by atoms with E-state index in [1.807, 2.05) is 6.07 Å². The zero-order valence-corrected chi connectivity index (χ0v) is 12.3. The molecule has 0 aliphatic heterocycles. The van der Waals surface area contributed by atoms with E-state index in [4.69, 9.17) is 5.26 Å². The lowest BCUT2D eigenvalue weighted by Crippen LogP contribution is -2.24. The van der Waals surface area contributed by atoms with Crippen molar-refractivity contribution in [3.05, 3.63) is 60.9 Å². The highest BCUT2D eigenvalue weighted by molar-refractivity contribution is 9.13. The van der Waals surface area contributed by atoms with E-state index in [2.05, 4.69) is 43.0 Å². The van der Waals surface area contributed by atoms with Crippen molar-refractivity contribution in [2.45, 2.75) is 6.54 Å². The summed E-state index contributed by atoms with van der Waals surface area (Å²) < 4.78 is 2.40. The third kappa shape index (κ3) is 2.68. The van der Waals surface area contributed by atoms with Crippen LogP contribution in [0.2, 0.25) is 0 Å². The molecule has 1 aromatic heterocycles. The molecule has 0 atom stereocenters. The van der Waals surface area contributed by atoms with E-state index in [0.717, 1.165) is 5.56 Å². The van der Waals surface area contributed by atoms with Crippen LogP contribution in [0.25, 0.3) is 0 Å². The monoisotopic (exact) mass is 367 g/mol. The number of nitrogens with zero attached hydrogens (tertiary/aromatic N) is 3. The first-order valence-electron chi connectivity index (χ1n) is 5.02. The number of hydrogen-bond donors (Lipinski definition) is 0. The second kappa shape index (κ2) is 5.46. The Balaban J connectivity index is 2.38. The third-order valence-corrected chi connectivity index (χ3v) is 4.23. The van der Waals surface area contributed by atoms with Crippen molar-refractivity contribution in [2.75, 3.05) is 0 Å². The van der Waals surface area contributed by atoms with Crippen molar-refractivity contribution in [2.24, 2.45) is 0 Å². The Kier molecular flexibility index (Phi) is 3.94. The Morgan fingerprint density at radius 1 is 1.39 bits per heavy atom. The summed E-state index contributed by atoms with van der Waals surface area (Å²) >= 11 is 6.42. The van der Waals surface area contributed by atoms with Gasteiger partial charge in [0.15, 0.2) is 0 Å². The minimum atomic E-state index is -0.216. The summed E-state index contributed by atoms with van der Waals surface area (Å²) in [6.45, 7) is 0.334. The molecule has 90 valence electrons. The summed E-state index contributed by atoms with van der Waals surface area (Å²) in [5.74, 6) is 0. The van der Waals surface area contributed by atoms with Gasteiger partial charge in [0.25, 0.3) is 5.56 Å². The minimum Gasteiger partial charge on any atom is -0.266 e. The van der Waals surface area contributed by atoms with Gasteiger partial charge in [-0.1, -0.05) is 12.1 Å². The van der Waals surface area contributed by atoms with Crippen molar-refractivity contribution in [1.82, 2.24) is 9.78 Å². The highest BCUT2D eigenvalue weighted by Gasteiger charge is 2.07. The lowest BCUT2D eigenvalue weighted by atomic mass is 10.1. The van der Waals surface area contributed by atoms with Crippen LogP contribution < -0.4 is 5.56 Å². The highest BCUT2D eigenvalue weighted by Crippen LogP contribution is 2.16. The molecule has 4 nitrogen and oxygen atoms in total. The van der Waals surface area contributed by atoms with Crippen LogP contribution in [0.1, 0.15) is 11.1 Å². The van der Waals surface area contributed by atoms with Crippen molar-refractivity contribution < 1.29 is 0 Å². The molecule has 1 aromatic carbocycles. The Morgan fingerprint density at radius 3 is 2.89 bits per heavy atom. The fraction of sp³-hybridized carbons (Fsp3) is 0.0833. The molecule has 0 aliphatic carbocycles. The number of rotatable bonds is 2. The predicted octanol–water partition coefficient (Wildman–Crippen LogP) is 2.69. The topological polar surface area (TPSA) is 58.7 Å². The first-order valence-corrected chi connectivity index (χ1v) is 6.60. The van der Waals surface area contributed by atoms with Gasteiger partial charge in [0.2, 0.25) is 0 Å². The van der Waals surface area contributed by atoms with Crippen LogP contribution in [-0.4, -0.2) is 9.78 Å². The lowest BCUT2D eigenvalue weighted by molar-refractivity contribution is 0.633. The van der Waals surface area contributed by atoms with E-state index in [1.54, 1.807) is 24.4 Å². The minimum absolute atomic E-state index is 0.216. The SMILES string of the molecule is N#Cc1cccc(Cn2ncc(Br)c(Br)c2=O)c1. The van der Waals surface area contributed by atoms with E-state index in [0.29, 0.717) is 21.1 Å². The molecular weight excluding hydrogens is 362 g/mol. The Labute approximate surface area is 120 Å². The largest absolute Gasteiger partial charge is 0.282 e. The first-order chi connectivity index (χ1) is 8.61. The smallest absolute Gasteiger partial charge is 0.266 e. The maximum atomic E-state index is 11.9. The second-order valence-corrected chi connectivity index (χ2v) is 5.23. The fourth-order valence-corrected chi connectivity index (χ4v) is 2.04. The molecule has 0 N–H and O–H groups in total. The molecular formula is C12H7Br2N3O. The Bertz CT molecular complexity index is 688. The first kappa shape index (κ1) is 13.0. The summed E-state index contributed by atoms with van der Waals surface area (Å²) in [6.07, 6.45) is 1.56. The van der Waals surface area contributed by atoms with Crippen molar-refractivity contribution in [1.29, 1.82) is 5.26 Å². The number of halogens is 2. The standard InChI is InChI=1S/C12H7Br2N3O/c13-10-6-16-17(12(18)11(10)14)7-9-3-1-2-8(4-9)5-15/h1-4,6H,7H2. The molecule has 18 heavy (non-hydrogen) atoms. The van der Waals surface area contributed by atoms with Crippen molar-refractivity contribution >= 4 is 31.9 Å². The molecule has 0 saturated heterocycles. The lowest BCUT2D eigenvalue weighted by Gasteiger charge is -2.06. The van der Waals surface area contributed by atoms with E-state index in [9.17, 15) is 4.79 Å². The molecule has 0 bridgehead atoms. The van der Waals surface area contributed by atoms with Crippen LogP contribution in [-0.2, 0) is 6.54 Å². The third-order valence-electron chi connectivity index (χ3n) is 2.33. The van der Waals surface area contributed by atoms with Gasteiger partial charge in [-0.05, 0) is 49.6 Å². The molecule has 1 heterocycles. The molecule has 0 fully saturated rings. The molecule has 0 aliphatic rings. The average molecular weight is 369 g/mol. The zero-order chi connectivity index (χ0) is 13.1. The molecule has 0 saturated carbocycles. The molecule has 0 unspecified atom stereocenters. The number of aromatic nitrogens is 2.